The van der Waals surface area contributed by atoms with Crippen LogP contribution in [0.25, 0.3) is 0 Å². The van der Waals surface area contributed by atoms with Gasteiger partial charge in [0, 0.05) is 13.1 Å². The van der Waals surface area contributed by atoms with Crippen LogP contribution in [-0.4, -0.2) is 50.9 Å². The minimum atomic E-state index is -4.13. The summed E-state index contributed by atoms with van der Waals surface area (Å²) in [7, 11) is -4.13. The van der Waals surface area contributed by atoms with Crippen molar-refractivity contribution < 1.29 is 22.7 Å². The Morgan fingerprint density at radius 2 is 1.57 bits per heavy atom. The van der Waals surface area contributed by atoms with Crippen molar-refractivity contribution in [3.63, 3.8) is 0 Å². The highest BCUT2D eigenvalue weighted by Gasteiger charge is 2.32. The van der Waals surface area contributed by atoms with Gasteiger partial charge in [0.1, 0.15) is 18.3 Å². The fraction of sp³-hybridized carbons (Fsp3) is 0.355. The molecule has 0 spiro atoms. The monoisotopic (exact) mass is 565 g/mol. The van der Waals surface area contributed by atoms with Gasteiger partial charge in [-0.15, -0.1) is 0 Å². The number of nitrogens with one attached hydrogen (secondary N) is 1. The number of hydrogen-bond donors (Lipinski definition) is 1. The summed E-state index contributed by atoms with van der Waals surface area (Å²) in [6, 6.07) is 21.6. The van der Waals surface area contributed by atoms with Gasteiger partial charge < -0.3 is 15.0 Å². The summed E-state index contributed by atoms with van der Waals surface area (Å²) in [5.74, 6) is -0.220. The molecule has 0 aliphatic rings. The second kappa shape index (κ2) is 14.5. The molecule has 8 nitrogen and oxygen atoms in total. The topological polar surface area (TPSA) is 96.0 Å². The summed E-state index contributed by atoms with van der Waals surface area (Å²) in [4.78, 5) is 28.4. The van der Waals surface area contributed by atoms with Crippen LogP contribution in [0.3, 0.4) is 0 Å². The smallest absolute Gasteiger partial charge is 0.264 e. The molecular formula is C31H39N3O5S. The van der Waals surface area contributed by atoms with Gasteiger partial charge in [0.25, 0.3) is 10.0 Å². The Bertz CT molecular complexity index is 1340. The zero-order chi connectivity index (χ0) is 29.1. The van der Waals surface area contributed by atoms with Gasteiger partial charge in [-0.25, -0.2) is 8.42 Å². The van der Waals surface area contributed by atoms with Crippen LogP contribution in [0.15, 0.2) is 83.8 Å². The van der Waals surface area contributed by atoms with Crippen molar-refractivity contribution in [3.05, 3.63) is 90.0 Å². The van der Waals surface area contributed by atoms with E-state index in [4.69, 9.17) is 4.74 Å². The molecule has 3 aromatic rings. The van der Waals surface area contributed by atoms with E-state index in [0.29, 0.717) is 24.6 Å². The van der Waals surface area contributed by atoms with Gasteiger partial charge in [0.2, 0.25) is 11.8 Å². The average molecular weight is 566 g/mol. The maximum Gasteiger partial charge on any atom is 0.264 e. The molecule has 0 saturated heterocycles. The SMILES string of the molecule is CCCCNC(=O)[C@H](C)N(Cc1ccccc1)C(=O)CN(c1ccc(C)cc1)S(=O)(=O)c1ccc(OCC)cc1. The maximum atomic E-state index is 13.9. The van der Waals surface area contributed by atoms with E-state index < -0.39 is 28.5 Å². The van der Waals surface area contributed by atoms with Crippen molar-refractivity contribution in [3.8, 4) is 5.75 Å². The predicted molar refractivity (Wildman–Crippen MR) is 158 cm³/mol. The summed E-state index contributed by atoms with van der Waals surface area (Å²) >= 11 is 0. The lowest BCUT2D eigenvalue weighted by Crippen LogP contribution is -2.51. The third-order valence-electron chi connectivity index (χ3n) is 6.52. The van der Waals surface area contributed by atoms with E-state index in [1.165, 1.54) is 17.0 Å². The van der Waals surface area contributed by atoms with E-state index in [0.717, 1.165) is 28.3 Å². The van der Waals surface area contributed by atoms with Crippen LogP contribution in [0.5, 0.6) is 5.75 Å². The van der Waals surface area contributed by atoms with Crippen molar-refractivity contribution in [2.75, 3.05) is 24.0 Å². The van der Waals surface area contributed by atoms with Gasteiger partial charge in [-0.2, -0.15) is 0 Å². The molecule has 0 aliphatic carbocycles. The summed E-state index contributed by atoms with van der Waals surface area (Å²) in [6.07, 6.45) is 1.75. The Balaban J connectivity index is 1.97. The van der Waals surface area contributed by atoms with E-state index in [2.05, 4.69) is 5.32 Å². The fourth-order valence-corrected chi connectivity index (χ4v) is 5.55. The van der Waals surface area contributed by atoms with Crippen LogP contribution in [0.2, 0.25) is 0 Å². The molecule has 0 saturated carbocycles. The molecule has 0 unspecified atom stereocenters. The molecule has 0 radical (unpaired) electrons. The van der Waals surface area contributed by atoms with Crippen LogP contribution in [-0.2, 0) is 26.2 Å². The number of ether oxygens (including phenoxy) is 1. The van der Waals surface area contributed by atoms with E-state index >= 15 is 0 Å². The zero-order valence-electron chi connectivity index (χ0n) is 23.7. The van der Waals surface area contributed by atoms with Gasteiger partial charge in [0.15, 0.2) is 0 Å². The molecular weight excluding hydrogens is 526 g/mol. The standard InChI is InChI=1S/C31H39N3O5S/c1-5-7-21-32-31(36)25(4)33(22-26-11-9-8-10-12-26)30(35)23-34(27-15-13-24(3)14-16-27)40(37,38)29-19-17-28(18-20-29)39-6-2/h8-20,25H,5-7,21-23H2,1-4H3,(H,32,36)/t25-/m0/s1. The molecule has 0 bridgehead atoms. The van der Waals surface area contributed by atoms with Gasteiger partial charge >= 0.3 is 0 Å². The number of nitrogens with zero attached hydrogens (tertiary/aromatic N) is 2. The Morgan fingerprint density at radius 1 is 0.925 bits per heavy atom. The Hall–Kier alpha value is -3.85. The molecule has 1 N–H and O–H groups in total. The number of sulfonamides is 1. The number of unbranched alkanes of at least 4 members (excludes halogenated alkanes) is 1. The number of carbonyl (C=O) groups excluding carboxylic acids is 2. The Labute approximate surface area is 238 Å². The molecule has 0 fully saturated rings. The first-order valence-electron chi connectivity index (χ1n) is 13.6. The van der Waals surface area contributed by atoms with Gasteiger partial charge in [0.05, 0.1) is 17.2 Å². The fourth-order valence-electron chi connectivity index (χ4n) is 4.14. The minimum absolute atomic E-state index is 0.0318. The van der Waals surface area contributed by atoms with Gasteiger partial charge in [-0.3, -0.25) is 13.9 Å². The minimum Gasteiger partial charge on any atom is -0.494 e. The second-order valence-corrected chi connectivity index (χ2v) is 11.4. The van der Waals surface area contributed by atoms with E-state index in [1.807, 2.05) is 51.1 Å². The number of aryl methyl sites for hydroxylation is 1. The molecule has 0 heterocycles. The highest BCUT2D eigenvalue weighted by molar-refractivity contribution is 7.92. The lowest BCUT2D eigenvalue weighted by Gasteiger charge is -2.32. The highest BCUT2D eigenvalue weighted by Crippen LogP contribution is 2.26. The normalized spacial score (nSPS) is 11.9. The Kier molecular flexibility index (Phi) is 11.1. The first-order valence-corrected chi connectivity index (χ1v) is 15.0. The van der Waals surface area contributed by atoms with E-state index in [1.54, 1.807) is 43.3 Å². The quantitative estimate of drug-likeness (QED) is 0.280. The third kappa shape index (κ3) is 8.08. The molecule has 9 heteroatoms. The molecule has 0 aromatic heterocycles. The van der Waals surface area contributed by atoms with Crippen molar-refractivity contribution in [2.45, 2.75) is 58.0 Å². The summed E-state index contributed by atoms with van der Waals surface area (Å²) in [5, 5.41) is 2.89. The van der Waals surface area contributed by atoms with Crippen LogP contribution in [0.1, 0.15) is 44.7 Å². The molecule has 3 rings (SSSR count). The third-order valence-corrected chi connectivity index (χ3v) is 8.30. The van der Waals surface area contributed by atoms with Crippen LogP contribution < -0.4 is 14.4 Å². The summed E-state index contributed by atoms with van der Waals surface area (Å²) in [5.41, 5.74) is 2.14. The number of hydrogen-bond acceptors (Lipinski definition) is 5. The molecule has 214 valence electrons. The number of rotatable bonds is 14. The number of anilines is 1. The summed E-state index contributed by atoms with van der Waals surface area (Å²) < 4.78 is 34.4. The Morgan fingerprint density at radius 3 is 2.17 bits per heavy atom. The van der Waals surface area contributed by atoms with Crippen molar-refractivity contribution in [2.24, 2.45) is 0 Å². The molecule has 3 aromatic carbocycles. The largest absolute Gasteiger partial charge is 0.494 e. The first kappa shape index (κ1) is 30.7. The highest BCUT2D eigenvalue weighted by atomic mass is 32.2. The maximum absolute atomic E-state index is 13.9. The lowest BCUT2D eigenvalue weighted by atomic mass is 10.1. The van der Waals surface area contributed by atoms with Crippen molar-refractivity contribution in [1.82, 2.24) is 10.2 Å². The number of amides is 2. The van der Waals surface area contributed by atoms with Crippen LogP contribution in [0, 0.1) is 6.92 Å². The lowest BCUT2D eigenvalue weighted by molar-refractivity contribution is -0.139. The zero-order valence-corrected chi connectivity index (χ0v) is 24.5. The molecule has 40 heavy (non-hydrogen) atoms. The van der Waals surface area contributed by atoms with E-state index in [9.17, 15) is 18.0 Å². The number of benzene rings is 3. The predicted octanol–water partition coefficient (Wildman–Crippen LogP) is 4.92. The van der Waals surface area contributed by atoms with Gasteiger partial charge in [-0.1, -0.05) is 61.4 Å². The van der Waals surface area contributed by atoms with Crippen LogP contribution >= 0.6 is 0 Å². The van der Waals surface area contributed by atoms with E-state index in [-0.39, 0.29) is 17.3 Å². The van der Waals surface area contributed by atoms with Crippen molar-refractivity contribution >= 4 is 27.5 Å². The molecule has 2 amide bonds. The number of carbonyl (C=O) groups is 2. The summed E-state index contributed by atoms with van der Waals surface area (Å²) in [6.45, 7) is 8.10. The van der Waals surface area contributed by atoms with Gasteiger partial charge in [-0.05, 0) is 69.2 Å². The average Bonchev–Trinajstić information content (AvgIpc) is 2.95. The second-order valence-electron chi connectivity index (χ2n) is 9.58. The van der Waals surface area contributed by atoms with Crippen molar-refractivity contribution in [1.29, 1.82) is 0 Å². The molecule has 0 aliphatic heterocycles. The van der Waals surface area contributed by atoms with Crippen LogP contribution in [0.4, 0.5) is 5.69 Å². The molecule has 1 atom stereocenters. The first-order chi connectivity index (χ1) is 19.2.